The molecule has 0 amide bonds. The maximum absolute atomic E-state index is 5.95. The van der Waals surface area contributed by atoms with Crippen LogP contribution in [0.2, 0.25) is 0 Å². The summed E-state index contributed by atoms with van der Waals surface area (Å²) in [6.07, 6.45) is 1.33. The molecule has 0 bridgehead atoms. The van der Waals surface area contributed by atoms with E-state index in [4.69, 9.17) is 5.73 Å². The lowest BCUT2D eigenvalue weighted by molar-refractivity contribution is 0.116. The van der Waals surface area contributed by atoms with Crippen LogP contribution in [-0.2, 0) is 0 Å². The van der Waals surface area contributed by atoms with Gasteiger partial charge in [-0.05, 0) is 29.7 Å². The molecule has 0 aromatic heterocycles. The Morgan fingerprint density at radius 1 is 1.19 bits per heavy atom. The molecule has 2 N–H and O–H groups in total. The fraction of sp³-hybridized carbons (Fsp3) is 1.00. The van der Waals surface area contributed by atoms with E-state index in [-0.39, 0.29) is 0 Å². The molecule has 0 aromatic rings. The van der Waals surface area contributed by atoms with E-state index in [0.29, 0.717) is 16.9 Å². The minimum atomic E-state index is 0.293. The highest BCUT2D eigenvalue weighted by Crippen LogP contribution is 2.36. The van der Waals surface area contributed by atoms with Crippen molar-refractivity contribution in [3.05, 3.63) is 0 Å². The van der Waals surface area contributed by atoms with E-state index >= 15 is 0 Å². The van der Waals surface area contributed by atoms with Crippen molar-refractivity contribution in [1.82, 2.24) is 4.90 Å². The van der Waals surface area contributed by atoms with Crippen LogP contribution in [0.4, 0.5) is 0 Å². The van der Waals surface area contributed by atoms with Crippen LogP contribution in [0.1, 0.15) is 48.0 Å². The first kappa shape index (κ1) is 14.0. The van der Waals surface area contributed by atoms with Crippen molar-refractivity contribution in [3.63, 3.8) is 0 Å². The molecule has 2 nitrogen and oxygen atoms in total. The topological polar surface area (TPSA) is 29.3 Å². The smallest absolute Gasteiger partial charge is 0.0266 e. The Bertz CT molecular complexity index is 222. The Kier molecular flexibility index (Phi) is 4.07. The van der Waals surface area contributed by atoms with Crippen molar-refractivity contribution in [2.45, 2.75) is 54.0 Å². The standard InChI is InChI=1S/C14H30N2/c1-13(2,3)11-7-8-16(10-11)12(9-15)14(4,5)6/h11-12H,7-10,15H2,1-6H3. The number of rotatable bonds is 2. The molecule has 0 saturated carbocycles. The highest BCUT2D eigenvalue weighted by Gasteiger charge is 2.37. The number of hydrogen-bond donors (Lipinski definition) is 1. The Balaban J connectivity index is 2.65. The molecule has 1 saturated heterocycles. The number of hydrogen-bond acceptors (Lipinski definition) is 2. The zero-order chi connectivity index (χ0) is 12.6. The monoisotopic (exact) mass is 226 g/mol. The Morgan fingerprint density at radius 2 is 1.75 bits per heavy atom. The third kappa shape index (κ3) is 3.21. The molecule has 0 radical (unpaired) electrons. The van der Waals surface area contributed by atoms with Gasteiger partial charge in [-0.2, -0.15) is 0 Å². The van der Waals surface area contributed by atoms with Crippen LogP contribution in [0.15, 0.2) is 0 Å². The third-order valence-electron chi connectivity index (χ3n) is 4.11. The summed E-state index contributed by atoms with van der Waals surface area (Å²) in [5, 5.41) is 0. The van der Waals surface area contributed by atoms with Crippen molar-refractivity contribution in [3.8, 4) is 0 Å². The molecule has 16 heavy (non-hydrogen) atoms. The van der Waals surface area contributed by atoms with Gasteiger partial charge in [0.1, 0.15) is 0 Å². The minimum Gasteiger partial charge on any atom is -0.329 e. The molecule has 2 heteroatoms. The number of nitrogens with two attached hydrogens (primary N) is 1. The molecule has 1 fully saturated rings. The van der Waals surface area contributed by atoms with E-state index in [0.717, 1.165) is 12.5 Å². The summed E-state index contributed by atoms with van der Waals surface area (Å²) >= 11 is 0. The molecule has 1 heterocycles. The summed E-state index contributed by atoms with van der Waals surface area (Å²) < 4.78 is 0. The second kappa shape index (κ2) is 4.66. The molecule has 96 valence electrons. The van der Waals surface area contributed by atoms with E-state index < -0.39 is 0 Å². The van der Waals surface area contributed by atoms with Crippen LogP contribution >= 0.6 is 0 Å². The van der Waals surface area contributed by atoms with Gasteiger partial charge in [0.15, 0.2) is 0 Å². The van der Waals surface area contributed by atoms with Crippen molar-refractivity contribution < 1.29 is 0 Å². The maximum Gasteiger partial charge on any atom is 0.0266 e. The van der Waals surface area contributed by atoms with Gasteiger partial charge in [0.2, 0.25) is 0 Å². The van der Waals surface area contributed by atoms with Crippen molar-refractivity contribution in [2.24, 2.45) is 22.5 Å². The van der Waals surface area contributed by atoms with Gasteiger partial charge in [-0.15, -0.1) is 0 Å². The highest BCUT2D eigenvalue weighted by atomic mass is 15.2. The zero-order valence-corrected chi connectivity index (χ0v) is 12.0. The SMILES string of the molecule is CC(C)(C)C1CCN(C(CN)C(C)(C)C)C1. The molecule has 0 spiro atoms. The predicted octanol–water partition coefficient (Wildman–Crippen LogP) is 2.73. The first-order chi connectivity index (χ1) is 7.16. The van der Waals surface area contributed by atoms with Gasteiger partial charge in [0.25, 0.3) is 0 Å². The molecular formula is C14H30N2. The predicted molar refractivity (Wildman–Crippen MR) is 71.4 cm³/mol. The van der Waals surface area contributed by atoms with Gasteiger partial charge in [0, 0.05) is 19.1 Å². The van der Waals surface area contributed by atoms with Crippen LogP contribution in [0, 0.1) is 16.7 Å². The van der Waals surface area contributed by atoms with Crippen LogP contribution in [0.5, 0.6) is 0 Å². The normalized spacial score (nSPS) is 26.1. The Hall–Kier alpha value is -0.0800. The van der Waals surface area contributed by atoms with E-state index in [1.54, 1.807) is 0 Å². The average molecular weight is 226 g/mol. The first-order valence-corrected chi connectivity index (χ1v) is 6.60. The molecular weight excluding hydrogens is 196 g/mol. The summed E-state index contributed by atoms with van der Waals surface area (Å²) in [7, 11) is 0. The fourth-order valence-corrected chi connectivity index (χ4v) is 2.83. The maximum atomic E-state index is 5.95. The van der Waals surface area contributed by atoms with Gasteiger partial charge in [0.05, 0.1) is 0 Å². The lowest BCUT2D eigenvalue weighted by Crippen LogP contribution is -2.48. The Labute approximate surface area is 102 Å². The molecule has 1 rings (SSSR count). The average Bonchev–Trinajstić information content (AvgIpc) is 2.50. The van der Waals surface area contributed by atoms with E-state index in [2.05, 4.69) is 46.4 Å². The second-order valence-electron chi connectivity index (χ2n) is 7.46. The summed E-state index contributed by atoms with van der Waals surface area (Å²) in [5.41, 5.74) is 6.68. The quantitative estimate of drug-likeness (QED) is 0.784. The third-order valence-corrected chi connectivity index (χ3v) is 4.11. The van der Waals surface area contributed by atoms with E-state index in [1.807, 2.05) is 0 Å². The summed E-state index contributed by atoms with van der Waals surface area (Å²) in [6.45, 7) is 17.2. The molecule has 1 aliphatic rings. The molecule has 1 aliphatic heterocycles. The van der Waals surface area contributed by atoms with Crippen molar-refractivity contribution >= 4 is 0 Å². The second-order valence-corrected chi connectivity index (χ2v) is 7.46. The van der Waals surface area contributed by atoms with E-state index in [1.165, 1.54) is 19.5 Å². The largest absolute Gasteiger partial charge is 0.329 e. The van der Waals surface area contributed by atoms with E-state index in [9.17, 15) is 0 Å². The number of likely N-dealkylation sites (tertiary alicyclic amines) is 1. The highest BCUT2D eigenvalue weighted by molar-refractivity contribution is 4.91. The van der Waals surface area contributed by atoms with Crippen LogP contribution in [0.3, 0.4) is 0 Å². The van der Waals surface area contributed by atoms with Crippen LogP contribution in [-0.4, -0.2) is 30.6 Å². The van der Waals surface area contributed by atoms with Gasteiger partial charge in [-0.1, -0.05) is 41.5 Å². The molecule has 0 aliphatic carbocycles. The molecule has 0 aromatic carbocycles. The molecule has 2 unspecified atom stereocenters. The summed E-state index contributed by atoms with van der Waals surface area (Å²) in [6, 6.07) is 0.528. The van der Waals surface area contributed by atoms with Crippen LogP contribution < -0.4 is 5.73 Å². The van der Waals surface area contributed by atoms with Gasteiger partial charge < -0.3 is 5.73 Å². The fourth-order valence-electron chi connectivity index (χ4n) is 2.83. The van der Waals surface area contributed by atoms with Gasteiger partial charge in [-0.25, -0.2) is 0 Å². The minimum absolute atomic E-state index is 0.293. The van der Waals surface area contributed by atoms with Gasteiger partial charge >= 0.3 is 0 Å². The lowest BCUT2D eigenvalue weighted by atomic mass is 9.80. The zero-order valence-electron chi connectivity index (χ0n) is 12.0. The first-order valence-electron chi connectivity index (χ1n) is 6.60. The van der Waals surface area contributed by atoms with Gasteiger partial charge in [-0.3, -0.25) is 4.90 Å². The lowest BCUT2D eigenvalue weighted by Gasteiger charge is -2.38. The molecule has 2 atom stereocenters. The van der Waals surface area contributed by atoms with Crippen molar-refractivity contribution in [1.29, 1.82) is 0 Å². The Morgan fingerprint density at radius 3 is 2.06 bits per heavy atom. The van der Waals surface area contributed by atoms with Crippen LogP contribution in [0.25, 0.3) is 0 Å². The number of nitrogens with zero attached hydrogens (tertiary/aromatic N) is 1. The summed E-state index contributed by atoms with van der Waals surface area (Å²) in [4.78, 5) is 2.61. The summed E-state index contributed by atoms with van der Waals surface area (Å²) in [5.74, 6) is 0.823. The van der Waals surface area contributed by atoms with Crippen molar-refractivity contribution in [2.75, 3.05) is 19.6 Å².